The van der Waals surface area contributed by atoms with Crippen molar-refractivity contribution in [1.29, 1.82) is 0 Å². The number of hydrogen-bond acceptors (Lipinski definition) is 5. The van der Waals surface area contributed by atoms with E-state index in [0.29, 0.717) is 37.0 Å². The van der Waals surface area contributed by atoms with Gasteiger partial charge in [0, 0.05) is 26.4 Å². The van der Waals surface area contributed by atoms with Gasteiger partial charge in [-0.15, -0.1) is 0 Å². The van der Waals surface area contributed by atoms with E-state index in [1.54, 1.807) is 6.92 Å². The molecule has 3 N–H and O–H groups in total. The van der Waals surface area contributed by atoms with E-state index >= 15 is 0 Å². The van der Waals surface area contributed by atoms with Crippen LogP contribution >= 0.6 is 0 Å². The van der Waals surface area contributed by atoms with Crippen LogP contribution in [-0.4, -0.2) is 35.8 Å². The third-order valence-electron chi connectivity index (χ3n) is 5.19. The summed E-state index contributed by atoms with van der Waals surface area (Å²) in [4.78, 5) is 24.4. The Morgan fingerprint density at radius 3 is 2.78 bits per heavy atom. The molecule has 2 rings (SSSR count). The summed E-state index contributed by atoms with van der Waals surface area (Å²) in [5.74, 6) is -1.29. The van der Waals surface area contributed by atoms with Crippen LogP contribution in [0.3, 0.4) is 0 Å². The predicted octanol–water partition coefficient (Wildman–Crippen LogP) is 1.80. The number of Topliss-reactive ketones (excluding diaryl/α,β-unsaturated/α-hetero) is 1. The van der Waals surface area contributed by atoms with Gasteiger partial charge in [-0.3, -0.25) is 9.59 Å². The summed E-state index contributed by atoms with van der Waals surface area (Å²) >= 11 is 0. The van der Waals surface area contributed by atoms with E-state index in [-0.39, 0.29) is 18.6 Å². The molecule has 23 heavy (non-hydrogen) atoms. The Balaban J connectivity index is 2.43. The van der Waals surface area contributed by atoms with Crippen molar-refractivity contribution in [3.8, 4) is 0 Å². The molecule has 1 fully saturated rings. The lowest BCUT2D eigenvalue weighted by molar-refractivity contribution is -0.279. The highest BCUT2D eigenvalue weighted by Gasteiger charge is 2.60. The number of amides is 1. The van der Waals surface area contributed by atoms with Gasteiger partial charge in [-0.2, -0.15) is 0 Å². The Morgan fingerprint density at radius 2 is 2.22 bits per heavy atom. The molecule has 6 heteroatoms. The quantitative estimate of drug-likeness (QED) is 0.776. The minimum absolute atomic E-state index is 0.0255. The molecule has 1 aliphatic carbocycles. The molecule has 1 heterocycles. The lowest BCUT2D eigenvalue weighted by Gasteiger charge is -2.52. The number of methoxy groups -OCH3 is 1. The second-order valence-corrected chi connectivity index (χ2v) is 6.76. The van der Waals surface area contributed by atoms with Crippen molar-refractivity contribution >= 4 is 11.7 Å². The largest absolute Gasteiger partial charge is 0.465 e. The molecule has 1 saturated carbocycles. The molecule has 6 nitrogen and oxygen atoms in total. The standard InChI is InChI=1S/C17H27NO5/c1-4-6-11(19)9-13-12(15(18)21)10-16(2)14(20)7-5-8-17(16,22-3)23-13/h11,19H,4-10H2,1-3H3,(H2,18,21). The summed E-state index contributed by atoms with van der Waals surface area (Å²) in [6.45, 7) is 3.75. The number of rotatable bonds is 6. The van der Waals surface area contributed by atoms with Crippen LogP contribution in [0.1, 0.15) is 58.8 Å². The maximum absolute atomic E-state index is 12.5. The van der Waals surface area contributed by atoms with Gasteiger partial charge >= 0.3 is 0 Å². The highest BCUT2D eigenvalue weighted by Crippen LogP contribution is 2.53. The molecule has 0 bridgehead atoms. The Kier molecular flexibility index (Phi) is 5.16. The third kappa shape index (κ3) is 3.02. The number of carbonyl (C=O) groups excluding carboxylic acids is 2. The molecule has 1 aliphatic heterocycles. The number of nitrogens with two attached hydrogens (primary N) is 1. The number of fused-ring (bicyclic) bond motifs is 1. The van der Waals surface area contributed by atoms with Gasteiger partial charge in [0.15, 0.2) is 0 Å². The summed E-state index contributed by atoms with van der Waals surface area (Å²) in [7, 11) is 1.52. The zero-order valence-corrected chi connectivity index (χ0v) is 14.2. The molecule has 0 saturated heterocycles. The predicted molar refractivity (Wildman–Crippen MR) is 84.2 cm³/mol. The zero-order chi connectivity index (χ0) is 17.3. The molecule has 130 valence electrons. The minimum Gasteiger partial charge on any atom is -0.465 e. The lowest BCUT2D eigenvalue weighted by atomic mass is 9.64. The van der Waals surface area contributed by atoms with Crippen molar-refractivity contribution in [3.63, 3.8) is 0 Å². The molecule has 1 amide bonds. The molecule has 0 aromatic carbocycles. The van der Waals surface area contributed by atoms with Gasteiger partial charge in [0.2, 0.25) is 11.7 Å². The van der Waals surface area contributed by atoms with Crippen LogP contribution in [0, 0.1) is 5.41 Å². The van der Waals surface area contributed by atoms with Crippen LogP contribution in [0.5, 0.6) is 0 Å². The first-order valence-corrected chi connectivity index (χ1v) is 8.27. The number of aliphatic hydroxyl groups excluding tert-OH is 1. The number of ether oxygens (including phenoxy) is 2. The molecule has 3 unspecified atom stereocenters. The molecule has 0 spiro atoms. The highest BCUT2D eigenvalue weighted by atomic mass is 16.7. The number of hydrogen-bond donors (Lipinski definition) is 2. The fraction of sp³-hybridized carbons (Fsp3) is 0.765. The van der Waals surface area contributed by atoms with Gasteiger partial charge in [0.05, 0.1) is 17.1 Å². The zero-order valence-electron chi connectivity index (χ0n) is 14.2. The maximum Gasteiger partial charge on any atom is 0.248 e. The summed E-state index contributed by atoms with van der Waals surface area (Å²) in [5.41, 5.74) is 4.88. The summed E-state index contributed by atoms with van der Waals surface area (Å²) < 4.78 is 11.7. The summed E-state index contributed by atoms with van der Waals surface area (Å²) in [6, 6.07) is 0. The second kappa shape index (κ2) is 6.61. The van der Waals surface area contributed by atoms with Gasteiger partial charge in [0.1, 0.15) is 11.5 Å². The van der Waals surface area contributed by atoms with E-state index in [1.807, 2.05) is 6.92 Å². The van der Waals surface area contributed by atoms with Gasteiger partial charge in [-0.1, -0.05) is 13.3 Å². The average Bonchev–Trinajstić information content (AvgIpc) is 2.49. The highest BCUT2D eigenvalue weighted by molar-refractivity contribution is 5.95. The van der Waals surface area contributed by atoms with Gasteiger partial charge in [-0.25, -0.2) is 0 Å². The van der Waals surface area contributed by atoms with Crippen LogP contribution in [0.4, 0.5) is 0 Å². The summed E-state index contributed by atoms with van der Waals surface area (Å²) in [6.07, 6.45) is 2.93. The SMILES string of the molecule is CCCC(O)CC1=C(C(N)=O)CC2(C)C(=O)CCCC2(OC)O1. The van der Waals surface area contributed by atoms with Crippen LogP contribution in [0.2, 0.25) is 0 Å². The van der Waals surface area contributed by atoms with E-state index in [9.17, 15) is 14.7 Å². The molecule has 0 aromatic heterocycles. The molecular formula is C17H27NO5. The van der Waals surface area contributed by atoms with Gasteiger partial charge in [0.25, 0.3) is 0 Å². The summed E-state index contributed by atoms with van der Waals surface area (Å²) in [5, 5.41) is 10.1. The number of ketones is 1. The van der Waals surface area contributed by atoms with Crippen molar-refractivity contribution in [3.05, 3.63) is 11.3 Å². The number of aliphatic hydroxyl groups is 1. The van der Waals surface area contributed by atoms with Crippen LogP contribution in [-0.2, 0) is 19.1 Å². The lowest BCUT2D eigenvalue weighted by Crippen LogP contribution is -2.59. The normalized spacial score (nSPS) is 32.3. The first kappa shape index (κ1) is 17.9. The Labute approximate surface area is 137 Å². The van der Waals surface area contributed by atoms with E-state index in [4.69, 9.17) is 15.2 Å². The van der Waals surface area contributed by atoms with Crippen LogP contribution < -0.4 is 5.73 Å². The molecule has 2 aliphatic rings. The molecule has 3 atom stereocenters. The van der Waals surface area contributed by atoms with E-state index in [2.05, 4.69) is 0 Å². The first-order valence-electron chi connectivity index (χ1n) is 8.27. The fourth-order valence-corrected chi connectivity index (χ4v) is 3.76. The Hall–Kier alpha value is -1.40. The van der Waals surface area contributed by atoms with Crippen LogP contribution in [0.25, 0.3) is 0 Å². The van der Waals surface area contributed by atoms with Crippen molar-refractivity contribution in [1.82, 2.24) is 0 Å². The van der Waals surface area contributed by atoms with Gasteiger partial charge in [-0.05, 0) is 26.2 Å². The minimum atomic E-state index is -1.08. The molecule has 0 radical (unpaired) electrons. The van der Waals surface area contributed by atoms with Crippen molar-refractivity contribution in [2.45, 2.75) is 70.7 Å². The smallest absolute Gasteiger partial charge is 0.248 e. The second-order valence-electron chi connectivity index (χ2n) is 6.76. The van der Waals surface area contributed by atoms with E-state index in [0.717, 1.165) is 6.42 Å². The topological polar surface area (TPSA) is 98.9 Å². The Bertz CT molecular complexity index is 529. The number of carbonyl (C=O) groups is 2. The molecule has 0 aromatic rings. The molecular weight excluding hydrogens is 298 g/mol. The van der Waals surface area contributed by atoms with Gasteiger partial charge < -0.3 is 20.3 Å². The fourth-order valence-electron chi connectivity index (χ4n) is 3.76. The van der Waals surface area contributed by atoms with Crippen molar-refractivity contribution in [2.75, 3.05) is 7.11 Å². The maximum atomic E-state index is 12.5. The van der Waals surface area contributed by atoms with Crippen LogP contribution in [0.15, 0.2) is 11.3 Å². The Morgan fingerprint density at radius 1 is 1.52 bits per heavy atom. The monoisotopic (exact) mass is 325 g/mol. The third-order valence-corrected chi connectivity index (χ3v) is 5.19. The van der Waals surface area contributed by atoms with Crippen molar-refractivity contribution in [2.24, 2.45) is 11.1 Å². The average molecular weight is 325 g/mol. The van der Waals surface area contributed by atoms with E-state index < -0.39 is 23.2 Å². The van der Waals surface area contributed by atoms with E-state index in [1.165, 1.54) is 7.11 Å². The first-order chi connectivity index (χ1) is 10.8. The van der Waals surface area contributed by atoms with Crippen molar-refractivity contribution < 1.29 is 24.2 Å². The number of primary amides is 1.